The largest absolute Gasteiger partial charge is 0.497 e. The molecule has 164 valence electrons. The van der Waals surface area contributed by atoms with Gasteiger partial charge in [-0.1, -0.05) is 6.07 Å². The van der Waals surface area contributed by atoms with Crippen LogP contribution in [0.15, 0.2) is 35.2 Å². The Hall–Kier alpha value is -2.42. The van der Waals surface area contributed by atoms with Gasteiger partial charge < -0.3 is 14.7 Å². The highest BCUT2D eigenvalue weighted by molar-refractivity contribution is 7.89. The van der Waals surface area contributed by atoms with Crippen LogP contribution in [0.5, 0.6) is 5.75 Å². The number of carbonyl (C=O) groups is 1. The molecule has 1 amide bonds. The van der Waals surface area contributed by atoms with Crippen molar-refractivity contribution in [3.05, 3.63) is 52.6 Å². The molecule has 5 rings (SSSR count). The van der Waals surface area contributed by atoms with Crippen molar-refractivity contribution in [2.45, 2.75) is 49.0 Å². The van der Waals surface area contributed by atoms with Crippen molar-refractivity contribution in [3.8, 4) is 5.75 Å². The molecule has 0 spiro atoms. The molecule has 2 aromatic carbocycles. The van der Waals surface area contributed by atoms with Crippen molar-refractivity contribution in [2.75, 3.05) is 25.1 Å². The molecular weight excluding hydrogens is 416 g/mol. The number of aliphatic hydroxyl groups is 1. The number of sulfonamides is 1. The molecule has 3 aliphatic rings. The van der Waals surface area contributed by atoms with Crippen LogP contribution in [-0.2, 0) is 39.7 Å². The van der Waals surface area contributed by atoms with Gasteiger partial charge >= 0.3 is 0 Å². The number of carbonyl (C=O) groups excluding carboxylic acids is 1. The van der Waals surface area contributed by atoms with Crippen molar-refractivity contribution in [3.63, 3.8) is 0 Å². The molecule has 1 unspecified atom stereocenters. The number of anilines is 1. The molecule has 7 nitrogen and oxygen atoms in total. The number of ether oxygens (including phenoxy) is 1. The summed E-state index contributed by atoms with van der Waals surface area (Å²) in [6, 6.07) is 8.88. The third kappa shape index (κ3) is 3.43. The molecule has 0 bridgehead atoms. The van der Waals surface area contributed by atoms with Crippen molar-refractivity contribution >= 4 is 21.6 Å². The number of fused-ring (bicyclic) bond motifs is 1. The fourth-order valence-corrected chi connectivity index (χ4v) is 6.32. The lowest BCUT2D eigenvalue weighted by atomic mass is 9.79. The fraction of sp³-hybridized carbons (Fsp3) is 0.435. The number of nitrogens with zero attached hydrogens (tertiary/aromatic N) is 1. The van der Waals surface area contributed by atoms with Crippen LogP contribution in [0.4, 0.5) is 5.69 Å². The van der Waals surface area contributed by atoms with Gasteiger partial charge in [-0.15, -0.1) is 0 Å². The van der Waals surface area contributed by atoms with E-state index in [9.17, 15) is 18.3 Å². The van der Waals surface area contributed by atoms with Gasteiger partial charge in [0.25, 0.3) is 0 Å². The van der Waals surface area contributed by atoms with E-state index in [1.807, 2.05) is 12.1 Å². The highest BCUT2D eigenvalue weighted by Crippen LogP contribution is 2.39. The molecule has 2 aromatic rings. The molecule has 0 fully saturated rings. The maximum absolute atomic E-state index is 13.1. The number of nitrogens with one attached hydrogen (secondary N) is 1. The van der Waals surface area contributed by atoms with Gasteiger partial charge in [0.05, 0.1) is 17.7 Å². The van der Waals surface area contributed by atoms with Crippen LogP contribution in [0.25, 0.3) is 0 Å². The number of hydrogen-bond donors (Lipinski definition) is 2. The van der Waals surface area contributed by atoms with Crippen LogP contribution >= 0.6 is 0 Å². The van der Waals surface area contributed by atoms with Gasteiger partial charge in [0.2, 0.25) is 15.9 Å². The maximum Gasteiger partial charge on any atom is 0.240 e. The van der Waals surface area contributed by atoms with Gasteiger partial charge in [-0.2, -0.15) is 0 Å². The average Bonchev–Trinajstić information content (AvgIpc) is 3.20. The molecule has 31 heavy (non-hydrogen) atoms. The minimum atomic E-state index is -3.81. The standard InChI is InChI=1S/C23H26N2O5S/c1-30-18-5-6-20-15(11-18)3-2-9-23(20,27)14-24-31(28,29)19-12-16-4-7-21(26)25-10-8-17(13-19)22(16)25/h5-6,11-13,24,27H,2-4,7-10,14H2,1H3. The maximum atomic E-state index is 13.1. The van der Waals surface area contributed by atoms with Gasteiger partial charge in [-0.25, -0.2) is 13.1 Å². The average molecular weight is 443 g/mol. The van der Waals surface area contributed by atoms with Gasteiger partial charge in [0.1, 0.15) is 11.4 Å². The lowest BCUT2D eigenvalue weighted by Crippen LogP contribution is -2.43. The number of methoxy groups -OCH3 is 1. The summed E-state index contributed by atoms with van der Waals surface area (Å²) in [5.74, 6) is 0.831. The van der Waals surface area contributed by atoms with E-state index in [0.717, 1.165) is 46.5 Å². The molecule has 0 saturated heterocycles. The first-order valence-electron chi connectivity index (χ1n) is 10.7. The van der Waals surface area contributed by atoms with Gasteiger partial charge in [-0.05, 0) is 78.6 Å². The van der Waals surface area contributed by atoms with Crippen molar-refractivity contribution in [1.29, 1.82) is 0 Å². The molecule has 2 N–H and O–H groups in total. The van der Waals surface area contributed by atoms with E-state index in [2.05, 4.69) is 4.72 Å². The molecule has 2 heterocycles. The summed E-state index contributed by atoms with van der Waals surface area (Å²) in [5.41, 5.74) is 3.17. The summed E-state index contributed by atoms with van der Waals surface area (Å²) >= 11 is 0. The summed E-state index contributed by atoms with van der Waals surface area (Å²) in [4.78, 5) is 14.1. The molecule has 1 atom stereocenters. The monoisotopic (exact) mass is 442 g/mol. The van der Waals surface area contributed by atoms with Crippen molar-refractivity contribution < 1.29 is 23.1 Å². The molecular formula is C23H26N2O5S. The second-order valence-corrected chi connectivity index (χ2v) is 10.4. The fourth-order valence-electron chi connectivity index (χ4n) is 5.13. The lowest BCUT2D eigenvalue weighted by Gasteiger charge is -2.35. The van der Waals surface area contributed by atoms with Crippen molar-refractivity contribution in [2.24, 2.45) is 0 Å². The molecule has 0 saturated carbocycles. The highest BCUT2D eigenvalue weighted by atomic mass is 32.2. The zero-order chi connectivity index (χ0) is 21.8. The predicted octanol–water partition coefficient (Wildman–Crippen LogP) is 2.03. The Bertz CT molecular complexity index is 1180. The van der Waals surface area contributed by atoms with E-state index >= 15 is 0 Å². The van der Waals surface area contributed by atoms with E-state index in [4.69, 9.17) is 4.74 Å². The Kier molecular flexibility index (Phi) is 4.84. The van der Waals surface area contributed by atoms with Crippen molar-refractivity contribution in [1.82, 2.24) is 4.72 Å². The molecule has 1 aliphatic carbocycles. The number of aryl methyl sites for hydroxylation is 2. The summed E-state index contributed by atoms with van der Waals surface area (Å²) < 4.78 is 34.2. The number of amides is 1. The summed E-state index contributed by atoms with van der Waals surface area (Å²) in [7, 11) is -2.21. The first-order chi connectivity index (χ1) is 14.8. The van der Waals surface area contributed by atoms with Crippen LogP contribution < -0.4 is 14.4 Å². The molecule has 0 radical (unpaired) electrons. The Morgan fingerprint density at radius 1 is 1.10 bits per heavy atom. The van der Waals surface area contributed by atoms with E-state index < -0.39 is 15.6 Å². The zero-order valence-corrected chi connectivity index (χ0v) is 18.3. The zero-order valence-electron chi connectivity index (χ0n) is 17.5. The van der Waals surface area contributed by atoms with Gasteiger partial charge in [0, 0.05) is 19.5 Å². The first kappa shape index (κ1) is 20.5. The Balaban J connectivity index is 1.41. The quantitative estimate of drug-likeness (QED) is 0.739. The van der Waals surface area contributed by atoms with E-state index in [-0.39, 0.29) is 17.3 Å². The minimum absolute atomic E-state index is 0.0916. The normalized spacial score (nSPS) is 22.3. The van der Waals surface area contributed by atoms with Gasteiger partial charge in [-0.3, -0.25) is 4.79 Å². The second-order valence-electron chi connectivity index (χ2n) is 8.62. The van der Waals surface area contributed by atoms with Crippen LogP contribution in [0.2, 0.25) is 0 Å². The van der Waals surface area contributed by atoms with Crippen LogP contribution in [0.3, 0.4) is 0 Å². The van der Waals surface area contributed by atoms with Crippen LogP contribution in [-0.4, -0.2) is 39.6 Å². The Morgan fingerprint density at radius 3 is 2.65 bits per heavy atom. The predicted molar refractivity (Wildman–Crippen MR) is 116 cm³/mol. The van der Waals surface area contributed by atoms with E-state index in [1.54, 1.807) is 30.2 Å². The summed E-state index contributed by atoms with van der Waals surface area (Å²) in [5, 5.41) is 11.3. The summed E-state index contributed by atoms with van der Waals surface area (Å²) in [6.07, 6.45) is 3.71. The first-order valence-corrected chi connectivity index (χ1v) is 12.1. The second kappa shape index (κ2) is 7.32. The molecule has 2 aliphatic heterocycles. The Labute approximate surface area is 182 Å². The molecule has 0 aromatic heterocycles. The Morgan fingerprint density at radius 2 is 1.87 bits per heavy atom. The third-order valence-corrected chi connectivity index (χ3v) is 8.12. The van der Waals surface area contributed by atoms with E-state index in [0.29, 0.717) is 32.2 Å². The van der Waals surface area contributed by atoms with Crippen LogP contribution in [0.1, 0.15) is 41.5 Å². The summed E-state index contributed by atoms with van der Waals surface area (Å²) in [6.45, 7) is 0.518. The smallest absolute Gasteiger partial charge is 0.240 e. The van der Waals surface area contributed by atoms with E-state index in [1.165, 1.54) is 0 Å². The number of hydrogen-bond acceptors (Lipinski definition) is 5. The third-order valence-electron chi connectivity index (χ3n) is 6.74. The van der Waals surface area contributed by atoms with Crippen LogP contribution in [0, 0.1) is 0 Å². The minimum Gasteiger partial charge on any atom is -0.497 e. The highest BCUT2D eigenvalue weighted by Gasteiger charge is 2.37. The number of benzene rings is 2. The van der Waals surface area contributed by atoms with Gasteiger partial charge in [0.15, 0.2) is 0 Å². The lowest BCUT2D eigenvalue weighted by molar-refractivity contribution is -0.118. The molecule has 8 heteroatoms. The SMILES string of the molecule is COc1ccc2c(c1)CCCC2(O)CNS(=O)(=O)c1cc2c3c(c1)CCN3C(=O)CC2. The number of rotatable bonds is 5. The topological polar surface area (TPSA) is 95.9 Å².